The largest absolute Gasteiger partial charge is 0.389 e. The number of carbonyl (C=O) groups excluding carboxylic acids is 1. The van der Waals surface area contributed by atoms with Crippen molar-refractivity contribution in [2.75, 3.05) is 5.32 Å². The van der Waals surface area contributed by atoms with Crippen molar-refractivity contribution in [1.82, 2.24) is 0 Å². The van der Waals surface area contributed by atoms with Gasteiger partial charge in [-0.2, -0.15) is 0 Å². The second kappa shape index (κ2) is 7.44. The van der Waals surface area contributed by atoms with E-state index in [1.165, 1.54) is 32.1 Å². The molecule has 110 valence electrons. The van der Waals surface area contributed by atoms with Crippen LogP contribution in [0.5, 0.6) is 0 Å². The Morgan fingerprint density at radius 2 is 1.65 bits per heavy atom. The highest BCUT2D eigenvalue weighted by Gasteiger charge is 2.19. The first-order valence-corrected chi connectivity index (χ1v) is 7.75. The van der Waals surface area contributed by atoms with E-state index in [0.717, 1.165) is 24.1 Å². The van der Waals surface area contributed by atoms with Crippen LogP contribution in [-0.4, -0.2) is 11.0 Å². The monoisotopic (exact) mass is 275 g/mol. The average molecular weight is 275 g/mol. The van der Waals surface area contributed by atoms with Crippen molar-refractivity contribution >= 4 is 11.6 Å². The first-order valence-electron chi connectivity index (χ1n) is 7.75. The molecule has 0 aromatic heterocycles. The number of anilines is 1. The van der Waals surface area contributed by atoms with Crippen molar-refractivity contribution < 1.29 is 9.90 Å². The zero-order valence-corrected chi connectivity index (χ0v) is 12.3. The average Bonchev–Trinajstić information content (AvgIpc) is 2.38. The SMILES string of the molecule is CC(O)c1ccc(NC(=O)C2CCCCCCC2)cc1. The number of hydrogen-bond donors (Lipinski definition) is 2. The van der Waals surface area contributed by atoms with E-state index in [1.54, 1.807) is 6.92 Å². The molecule has 0 saturated heterocycles. The summed E-state index contributed by atoms with van der Waals surface area (Å²) in [7, 11) is 0. The van der Waals surface area contributed by atoms with Gasteiger partial charge in [0, 0.05) is 11.6 Å². The number of nitrogens with one attached hydrogen (secondary N) is 1. The summed E-state index contributed by atoms with van der Waals surface area (Å²) in [6.07, 6.45) is 7.72. The molecule has 20 heavy (non-hydrogen) atoms. The summed E-state index contributed by atoms with van der Waals surface area (Å²) in [5.74, 6) is 0.309. The van der Waals surface area contributed by atoms with Gasteiger partial charge in [0.1, 0.15) is 0 Å². The van der Waals surface area contributed by atoms with Gasteiger partial charge in [-0.05, 0) is 37.5 Å². The van der Waals surface area contributed by atoms with Gasteiger partial charge in [0.2, 0.25) is 5.91 Å². The van der Waals surface area contributed by atoms with Gasteiger partial charge < -0.3 is 10.4 Å². The molecule has 3 heteroatoms. The number of benzene rings is 1. The normalized spacial score (nSPS) is 18.9. The minimum absolute atomic E-state index is 0.150. The Balaban J connectivity index is 1.92. The van der Waals surface area contributed by atoms with Crippen LogP contribution in [0, 0.1) is 5.92 Å². The molecule has 3 nitrogen and oxygen atoms in total. The lowest BCUT2D eigenvalue weighted by Gasteiger charge is -2.19. The molecule has 0 bridgehead atoms. The summed E-state index contributed by atoms with van der Waals surface area (Å²) in [5, 5.41) is 12.5. The number of hydrogen-bond acceptors (Lipinski definition) is 2. The Morgan fingerprint density at radius 3 is 2.20 bits per heavy atom. The van der Waals surface area contributed by atoms with Gasteiger partial charge in [0.05, 0.1) is 6.10 Å². The first kappa shape index (κ1) is 15.0. The Kier molecular flexibility index (Phi) is 5.60. The predicted octanol–water partition coefficient (Wildman–Crippen LogP) is 4.04. The molecule has 1 aliphatic carbocycles. The van der Waals surface area contributed by atoms with E-state index in [2.05, 4.69) is 5.32 Å². The fourth-order valence-corrected chi connectivity index (χ4v) is 2.81. The topological polar surface area (TPSA) is 49.3 Å². The minimum Gasteiger partial charge on any atom is -0.389 e. The zero-order chi connectivity index (χ0) is 14.4. The van der Waals surface area contributed by atoms with Gasteiger partial charge in [-0.1, -0.05) is 44.2 Å². The number of amides is 1. The van der Waals surface area contributed by atoms with Gasteiger partial charge in [0.25, 0.3) is 0 Å². The maximum Gasteiger partial charge on any atom is 0.227 e. The van der Waals surface area contributed by atoms with E-state index >= 15 is 0 Å². The number of aliphatic hydroxyl groups excluding tert-OH is 1. The van der Waals surface area contributed by atoms with Crippen molar-refractivity contribution in [2.45, 2.75) is 58.0 Å². The van der Waals surface area contributed by atoms with Crippen LogP contribution in [0.15, 0.2) is 24.3 Å². The molecule has 1 saturated carbocycles. The van der Waals surface area contributed by atoms with E-state index in [9.17, 15) is 9.90 Å². The van der Waals surface area contributed by atoms with Crippen molar-refractivity contribution in [3.05, 3.63) is 29.8 Å². The van der Waals surface area contributed by atoms with Gasteiger partial charge in [-0.3, -0.25) is 4.79 Å². The molecular formula is C17H25NO2. The molecule has 0 aliphatic heterocycles. The molecule has 1 aromatic carbocycles. The third-order valence-electron chi connectivity index (χ3n) is 4.14. The van der Waals surface area contributed by atoms with Crippen LogP contribution in [-0.2, 0) is 4.79 Å². The highest BCUT2D eigenvalue weighted by atomic mass is 16.3. The molecule has 0 spiro atoms. The summed E-state index contributed by atoms with van der Waals surface area (Å²) < 4.78 is 0. The number of rotatable bonds is 3. The molecule has 0 heterocycles. The summed E-state index contributed by atoms with van der Waals surface area (Å²) in [6, 6.07) is 7.45. The molecular weight excluding hydrogens is 250 g/mol. The van der Waals surface area contributed by atoms with Crippen LogP contribution >= 0.6 is 0 Å². The maximum atomic E-state index is 12.3. The van der Waals surface area contributed by atoms with Crippen LogP contribution in [0.1, 0.15) is 63.5 Å². The lowest BCUT2D eigenvalue weighted by atomic mass is 9.90. The number of aliphatic hydroxyl groups is 1. The molecule has 1 atom stereocenters. The summed E-state index contributed by atoms with van der Waals surface area (Å²) in [5.41, 5.74) is 1.69. The van der Waals surface area contributed by atoms with Crippen LogP contribution in [0.25, 0.3) is 0 Å². The highest BCUT2D eigenvalue weighted by molar-refractivity contribution is 5.92. The van der Waals surface area contributed by atoms with Gasteiger partial charge >= 0.3 is 0 Å². The first-order chi connectivity index (χ1) is 9.66. The van der Waals surface area contributed by atoms with Crippen LogP contribution in [0.4, 0.5) is 5.69 Å². The highest BCUT2D eigenvalue weighted by Crippen LogP contribution is 2.24. The van der Waals surface area contributed by atoms with Crippen molar-refractivity contribution in [3.63, 3.8) is 0 Å². The van der Waals surface area contributed by atoms with Gasteiger partial charge in [-0.25, -0.2) is 0 Å². The fraction of sp³-hybridized carbons (Fsp3) is 0.588. The Labute approximate surface area is 121 Å². The minimum atomic E-state index is -0.467. The maximum absolute atomic E-state index is 12.3. The van der Waals surface area contributed by atoms with Crippen molar-refractivity contribution in [3.8, 4) is 0 Å². The summed E-state index contributed by atoms with van der Waals surface area (Å²) in [6.45, 7) is 1.74. The van der Waals surface area contributed by atoms with Crippen molar-refractivity contribution in [1.29, 1.82) is 0 Å². The van der Waals surface area contributed by atoms with E-state index < -0.39 is 6.10 Å². The lowest BCUT2D eigenvalue weighted by molar-refractivity contribution is -0.120. The van der Waals surface area contributed by atoms with E-state index in [-0.39, 0.29) is 11.8 Å². The van der Waals surface area contributed by atoms with E-state index in [0.29, 0.717) is 0 Å². The lowest BCUT2D eigenvalue weighted by Crippen LogP contribution is -2.23. The Bertz CT molecular complexity index is 417. The third-order valence-corrected chi connectivity index (χ3v) is 4.14. The molecule has 0 radical (unpaired) electrons. The Morgan fingerprint density at radius 1 is 1.10 bits per heavy atom. The standard InChI is InChI=1S/C17H25NO2/c1-13(19)14-9-11-16(12-10-14)18-17(20)15-7-5-3-2-4-6-8-15/h9-13,15,19H,2-8H2,1H3,(H,18,20). The van der Waals surface area contributed by atoms with Crippen molar-refractivity contribution in [2.24, 2.45) is 5.92 Å². The molecule has 2 N–H and O–H groups in total. The van der Waals surface area contributed by atoms with E-state index in [4.69, 9.17) is 0 Å². The fourth-order valence-electron chi connectivity index (χ4n) is 2.81. The number of carbonyl (C=O) groups is 1. The molecule has 2 rings (SSSR count). The second-order valence-electron chi connectivity index (χ2n) is 5.83. The van der Waals surface area contributed by atoms with Crippen LogP contribution in [0.3, 0.4) is 0 Å². The Hall–Kier alpha value is -1.35. The second-order valence-corrected chi connectivity index (χ2v) is 5.83. The van der Waals surface area contributed by atoms with Crippen LogP contribution < -0.4 is 5.32 Å². The molecule has 1 unspecified atom stereocenters. The van der Waals surface area contributed by atoms with E-state index in [1.807, 2.05) is 24.3 Å². The van der Waals surface area contributed by atoms with Gasteiger partial charge in [0.15, 0.2) is 0 Å². The predicted molar refractivity (Wildman–Crippen MR) is 81.5 cm³/mol. The zero-order valence-electron chi connectivity index (χ0n) is 12.3. The summed E-state index contributed by atoms with van der Waals surface area (Å²) in [4.78, 5) is 12.3. The third kappa shape index (κ3) is 4.34. The quantitative estimate of drug-likeness (QED) is 0.874. The summed E-state index contributed by atoms with van der Waals surface area (Å²) >= 11 is 0. The van der Waals surface area contributed by atoms with Crippen LogP contribution in [0.2, 0.25) is 0 Å². The van der Waals surface area contributed by atoms with Gasteiger partial charge in [-0.15, -0.1) is 0 Å². The molecule has 1 fully saturated rings. The molecule has 1 aliphatic rings. The molecule has 1 aromatic rings. The smallest absolute Gasteiger partial charge is 0.227 e. The molecule has 1 amide bonds.